The van der Waals surface area contributed by atoms with Crippen LogP contribution in [0.2, 0.25) is 0 Å². The number of rotatable bonds is 7. The number of ether oxygens (including phenoxy) is 1. The molecule has 0 bridgehead atoms. The number of anilines is 1. The van der Waals surface area contributed by atoms with Crippen molar-refractivity contribution in [3.8, 4) is 0 Å². The topological polar surface area (TPSA) is 97.6 Å². The minimum absolute atomic E-state index is 0.206. The minimum Gasteiger partial charge on any atom is -0.467 e. The third kappa shape index (κ3) is 5.08. The fraction of sp³-hybridized carbons (Fsp3) is 0.150. The highest BCUT2D eigenvalue weighted by Crippen LogP contribution is 2.16. The van der Waals surface area contributed by atoms with Crippen molar-refractivity contribution in [3.05, 3.63) is 76.4 Å². The lowest BCUT2D eigenvalue weighted by Gasteiger charge is -2.13. The second kappa shape index (κ2) is 9.01. The van der Waals surface area contributed by atoms with Crippen LogP contribution in [0.15, 0.2) is 64.6 Å². The molecular formula is C20H18N2O5S. The van der Waals surface area contributed by atoms with E-state index >= 15 is 0 Å². The molecule has 144 valence electrons. The van der Waals surface area contributed by atoms with Crippen LogP contribution in [-0.4, -0.2) is 23.9 Å². The van der Waals surface area contributed by atoms with E-state index in [9.17, 15) is 14.4 Å². The first-order valence-corrected chi connectivity index (χ1v) is 9.37. The first-order chi connectivity index (χ1) is 13.5. The Labute approximate surface area is 165 Å². The summed E-state index contributed by atoms with van der Waals surface area (Å²) in [5.41, 5.74) is 0.692. The van der Waals surface area contributed by atoms with Crippen LogP contribution in [0.3, 0.4) is 0 Å². The van der Waals surface area contributed by atoms with Gasteiger partial charge in [-0.1, -0.05) is 12.1 Å². The maximum atomic E-state index is 12.3. The van der Waals surface area contributed by atoms with Crippen molar-refractivity contribution >= 4 is 34.8 Å². The van der Waals surface area contributed by atoms with Crippen molar-refractivity contribution in [2.75, 3.05) is 5.32 Å². The molecular weight excluding hydrogens is 380 g/mol. The van der Waals surface area contributed by atoms with Crippen LogP contribution in [0.25, 0.3) is 0 Å². The molecule has 3 rings (SSSR count). The molecule has 2 N–H and O–H groups in total. The molecule has 1 atom stereocenters. The Hall–Kier alpha value is -3.39. The third-order valence-electron chi connectivity index (χ3n) is 3.77. The number of esters is 1. The van der Waals surface area contributed by atoms with Gasteiger partial charge in [0.2, 0.25) is 0 Å². The summed E-state index contributed by atoms with van der Waals surface area (Å²) in [7, 11) is 0. The van der Waals surface area contributed by atoms with E-state index in [0.29, 0.717) is 16.3 Å². The minimum atomic E-state index is -0.980. The number of carbonyl (C=O) groups excluding carboxylic acids is 3. The molecule has 0 aliphatic rings. The van der Waals surface area contributed by atoms with Crippen molar-refractivity contribution in [2.24, 2.45) is 0 Å². The summed E-state index contributed by atoms with van der Waals surface area (Å²) in [5.74, 6) is -0.757. The molecule has 3 aromatic rings. The molecule has 7 nitrogen and oxygen atoms in total. The van der Waals surface area contributed by atoms with E-state index in [1.54, 1.807) is 47.8 Å². The van der Waals surface area contributed by atoms with Gasteiger partial charge in [-0.05, 0) is 48.7 Å². The lowest BCUT2D eigenvalue weighted by molar-refractivity contribution is -0.129. The van der Waals surface area contributed by atoms with Gasteiger partial charge in [0.05, 0.1) is 23.2 Å². The van der Waals surface area contributed by atoms with Crippen molar-refractivity contribution in [1.82, 2.24) is 5.32 Å². The first-order valence-electron chi connectivity index (χ1n) is 8.49. The van der Waals surface area contributed by atoms with E-state index in [2.05, 4.69) is 10.6 Å². The van der Waals surface area contributed by atoms with Gasteiger partial charge in [-0.15, -0.1) is 11.3 Å². The van der Waals surface area contributed by atoms with Crippen molar-refractivity contribution < 1.29 is 23.5 Å². The molecule has 0 aliphatic heterocycles. The van der Waals surface area contributed by atoms with Gasteiger partial charge in [-0.2, -0.15) is 0 Å². The van der Waals surface area contributed by atoms with Gasteiger partial charge >= 0.3 is 5.97 Å². The first kappa shape index (κ1) is 19.4. The molecule has 2 amide bonds. The standard InChI is InChI=1S/C20H18N2O5S/c1-13(18(23)21-12-16-7-3-9-26-16)27-20(25)14-5-2-6-15(11-14)22-19(24)17-8-4-10-28-17/h2-11,13H,12H2,1H3,(H,21,23)(H,22,24)/t13-/m0/s1. The number of furan rings is 1. The summed E-state index contributed by atoms with van der Waals surface area (Å²) in [4.78, 5) is 37.1. The summed E-state index contributed by atoms with van der Waals surface area (Å²) < 4.78 is 10.3. The van der Waals surface area contributed by atoms with E-state index < -0.39 is 18.0 Å². The molecule has 1 aromatic carbocycles. The van der Waals surface area contributed by atoms with Crippen molar-refractivity contribution in [1.29, 1.82) is 0 Å². The lowest BCUT2D eigenvalue weighted by Crippen LogP contribution is -2.35. The highest BCUT2D eigenvalue weighted by atomic mass is 32.1. The van der Waals surface area contributed by atoms with Gasteiger partial charge in [0.1, 0.15) is 5.76 Å². The highest BCUT2D eigenvalue weighted by molar-refractivity contribution is 7.12. The molecule has 0 unspecified atom stereocenters. The molecule has 0 radical (unpaired) electrons. The summed E-state index contributed by atoms with van der Waals surface area (Å²) >= 11 is 1.32. The Morgan fingerprint density at radius 2 is 2.00 bits per heavy atom. The monoisotopic (exact) mass is 398 g/mol. The molecule has 0 saturated carbocycles. The Kier molecular flexibility index (Phi) is 6.23. The number of amides is 2. The fourth-order valence-corrected chi connectivity index (χ4v) is 2.96. The van der Waals surface area contributed by atoms with Crippen LogP contribution < -0.4 is 10.6 Å². The normalized spacial score (nSPS) is 11.5. The van der Waals surface area contributed by atoms with Crippen LogP contribution in [0, 0.1) is 0 Å². The Balaban J connectivity index is 1.56. The van der Waals surface area contributed by atoms with Crippen LogP contribution >= 0.6 is 11.3 Å². The molecule has 0 saturated heterocycles. The predicted molar refractivity (Wildman–Crippen MR) is 104 cm³/mol. The predicted octanol–water partition coefficient (Wildman–Crippen LogP) is 3.46. The molecule has 28 heavy (non-hydrogen) atoms. The Morgan fingerprint density at radius 1 is 1.14 bits per heavy atom. The fourth-order valence-electron chi connectivity index (χ4n) is 2.34. The number of hydrogen-bond donors (Lipinski definition) is 2. The third-order valence-corrected chi connectivity index (χ3v) is 4.64. The number of carbonyl (C=O) groups is 3. The number of nitrogens with one attached hydrogen (secondary N) is 2. The molecule has 0 fully saturated rings. The molecule has 8 heteroatoms. The summed E-state index contributed by atoms with van der Waals surface area (Å²) in [6.45, 7) is 1.69. The molecule has 0 spiro atoms. The van der Waals surface area contributed by atoms with Gasteiger partial charge in [0.25, 0.3) is 11.8 Å². The van der Waals surface area contributed by atoms with Gasteiger partial charge in [-0.25, -0.2) is 4.79 Å². The zero-order valence-electron chi connectivity index (χ0n) is 15.0. The zero-order chi connectivity index (χ0) is 19.9. The van der Waals surface area contributed by atoms with E-state index in [1.807, 2.05) is 0 Å². The summed E-state index contributed by atoms with van der Waals surface area (Å²) in [5, 5.41) is 7.16. The average Bonchev–Trinajstić information content (AvgIpc) is 3.40. The van der Waals surface area contributed by atoms with Gasteiger partial charge in [0.15, 0.2) is 6.10 Å². The molecule has 0 aliphatic carbocycles. The number of thiophene rings is 1. The van der Waals surface area contributed by atoms with E-state index in [4.69, 9.17) is 9.15 Å². The van der Waals surface area contributed by atoms with E-state index in [1.165, 1.54) is 30.6 Å². The van der Waals surface area contributed by atoms with Crippen LogP contribution in [0.4, 0.5) is 5.69 Å². The second-order valence-electron chi connectivity index (χ2n) is 5.86. The van der Waals surface area contributed by atoms with Crippen LogP contribution in [0.5, 0.6) is 0 Å². The lowest BCUT2D eigenvalue weighted by atomic mass is 10.2. The Morgan fingerprint density at radius 3 is 2.71 bits per heavy atom. The average molecular weight is 398 g/mol. The van der Waals surface area contributed by atoms with E-state index in [-0.39, 0.29) is 18.0 Å². The van der Waals surface area contributed by atoms with Gasteiger partial charge in [-0.3, -0.25) is 9.59 Å². The van der Waals surface area contributed by atoms with Gasteiger partial charge in [0, 0.05) is 5.69 Å². The number of benzene rings is 1. The van der Waals surface area contributed by atoms with Crippen molar-refractivity contribution in [2.45, 2.75) is 19.6 Å². The maximum Gasteiger partial charge on any atom is 0.338 e. The van der Waals surface area contributed by atoms with Crippen LogP contribution in [0.1, 0.15) is 32.7 Å². The quantitative estimate of drug-likeness (QED) is 0.594. The summed E-state index contributed by atoms with van der Waals surface area (Å²) in [6, 6.07) is 13.3. The largest absolute Gasteiger partial charge is 0.467 e. The van der Waals surface area contributed by atoms with Gasteiger partial charge < -0.3 is 19.8 Å². The maximum absolute atomic E-state index is 12.3. The smallest absolute Gasteiger partial charge is 0.338 e. The SMILES string of the molecule is C[C@H](OC(=O)c1cccc(NC(=O)c2cccs2)c1)C(=O)NCc1ccco1. The molecule has 2 heterocycles. The number of hydrogen-bond acceptors (Lipinski definition) is 6. The summed E-state index contributed by atoms with van der Waals surface area (Å²) in [6.07, 6.45) is 0.529. The Bertz CT molecular complexity index is 951. The zero-order valence-corrected chi connectivity index (χ0v) is 15.8. The second-order valence-corrected chi connectivity index (χ2v) is 6.80. The van der Waals surface area contributed by atoms with Crippen molar-refractivity contribution in [3.63, 3.8) is 0 Å². The highest BCUT2D eigenvalue weighted by Gasteiger charge is 2.19. The van der Waals surface area contributed by atoms with Crippen LogP contribution in [-0.2, 0) is 16.1 Å². The molecule has 2 aromatic heterocycles. The van der Waals surface area contributed by atoms with E-state index in [0.717, 1.165) is 0 Å².